The Morgan fingerprint density at radius 1 is 0.906 bits per heavy atom. The number of amides is 1. The maximum atomic E-state index is 13.4. The van der Waals surface area contributed by atoms with Crippen LogP contribution in [0.4, 0.5) is 10.1 Å². The highest BCUT2D eigenvalue weighted by atomic mass is 19.1. The van der Waals surface area contributed by atoms with Crippen LogP contribution in [0.1, 0.15) is 32.0 Å². The smallest absolute Gasteiger partial charge is 0.255 e. The fourth-order valence-corrected chi connectivity index (χ4v) is 3.46. The molecule has 1 amide bonds. The van der Waals surface area contributed by atoms with E-state index in [9.17, 15) is 14.0 Å². The van der Waals surface area contributed by atoms with Gasteiger partial charge in [-0.2, -0.15) is 0 Å². The molecular formula is C25H20FNO5. The van der Waals surface area contributed by atoms with Gasteiger partial charge in [0.15, 0.2) is 17.3 Å². The molecule has 7 heteroatoms. The van der Waals surface area contributed by atoms with Gasteiger partial charge in [0.25, 0.3) is 5.91 Å². The van der Waals surface area contributed by atoms with Gasteiger partial charge in [0.2, 0.25) is 5.78 Å². The Morgan fingerprint density at radius 3 is 2.41 bits per heavy atom. The van der Waals surface area contributed by atoms with Gasteiger partial charge in [-0.15, -0.1) is 0 Å². The maximum absolute atomic E-state index is 13.4. The van der Waals surface area contributed by atoms with Crippen molar-refractivity contribution in [3.05, 3.63) is 88.9 Å². The lowest BCUT2D eigenvalue weighted by Crippen LogP contribution is -2.11. The van der Waals surface area contributed by atoms with Gasteiger partial charge in [-0.05, 0) is 55.5 Å². The zero-order chi connectivity index (χ0) is 22.8. The number of hydrogen-bond acceptors (Lipinski definition) is 5. The van der Waals surface area contributed by atoms with Crippen LogP contribution in [-0.2, 0) is 0 Å². The van der Waals surface area contributed by atoms with E-state index in [4.69, 9.17) is 13.9 Å². The SMILES string of the molecule is COc1ccc(C(=O)c2oc3cc(NC(=O)c4cccc(F)c4)ccc3c2C)cc1OC. The summed E-state index contributed by atoms with van der Waals surface area (Å²) in [5, 5.41) is 3.46. The molecule has 0 saturated heterocycles. The number of anilines is 1. The molecule has 0 saturated carbocycles. The molecule has 3 aromatic carbocycles. The average molecular weight is 433 g/mol. The summed E-state index contributed by atoms with van der Waals surface area (Å²) in [5.41, 5.74) is 2.19. The molecule has 162 valence electrons. The summed E-state index contributed by atoms with van der Waals surface area (Å²) in [7, 11) is 3.02. The second-order valence-electron chi connectivity index (χ2n) is 7.13. The fourth-order valence-electron chi connectivity index (χ4n) is 3.46. The molecule has 0 spiro atoms. The highest BCUT2D eigenvalue weighted by molar-refractivity contribution is 6.11. The van der Waals surface area contributed by atoms with Crippen LogP contribution in [0.25, 0.3) is 11.0 Å². The lowest BCUT2D eigenvalue weighted by atomic mass is 10.0. The maximum Gasteiger partial charge on any atom is 0.255 e. The number of halogens is 1. The minimum atomic E-state index is -0.493. The van der Waals surface area contributed by atoms with Crippen molar-refractivity contribution in [3.8, 4) is 11.5 Å². The van der Waals surface area contributed by atoms with Gasteiger partial charge in [-0.1, -0.05) is 6.07 Å². The van der Waals surface area contributed by atoms with E-state index in [0.29, 0.717) is 33.9 Å². The average Bonchev–Trinajstić information content (AvgIpc) is 3.13. The van der Waals surface area contributed by atoms with Crippen LogP contribution in [-0.4, -0.2) is 25.9 Å². The van der Waals surface area contributed by atoms with E-state index in [1.807, 2.05) is 0 Å². The molecule has 1 heterocycles. The van der Waals surface area contributed by atoms with Crippen molar-refractivity contribution < 1.29 is 27.9 Å². The van der Waals surface area contributed by atoms with E-state index in [1.165, 1.54) is 32.4 Å². The summed E-state index contributed by atoms with van der Waals surface area (Å²) >= 11 is 0. The molecule has 0 radical (unpaired) electrons. The van der Waals surface area contributed by atoms with E-state index in [1.54, 1.807) is 43.3 Å². The zero-order valence-corrected chi connectivity index (χ0v) is 17.7. The molecule has 4 aromatic rings. The molecule has 0 aliphatic carbocycles. The number of fused-ring (bicyclic) bond motifs is 1. The summed E-state index contributed by atoms with van der Waals surface area (Å²) in [4.78, 5) is 25.5. The third-order valence-electron chi connectivity index (χ3n) is 5.13. The minimum absolute atomic E-state index is 0.195. The normalized spacial score (nSPS) is 10.8. The largest absolute Gasteiger partial charge is 0.493 e. The first-order chi connectivity index (χ1) is 15.4. The summed E-state index contributed by atoms with van der Waals surface area (Å²) < 4.78 is 29.7. The Balaban J connectivity index is 1.64. The van der Waals surface area contributed by atoms with Crippen LogP contribution in [0.5, 0.6) is 11.5 Å². The van der Waals surface area contributed by atoms with Gasteiger partial charge in [0, 0.05) is 33.8 Å². The highest BCUT2D eigenvalue weighted by Gasteiger charge is 2.21. The first-order valence-corrected chi connectivity index (χ1v) is 9.78. The van der Waals surface area contributed by atoms with Crippen molar-refractivity contribution in [2.75, 3.05) is 19.5 Å². The topological polar surface area (TPSA) is 77.8 Å². The van der Waals surface area contributed by atoms with Gasteiger partial charge >= 0.3 is 0 Å². The monoisotopic (exact) mass is 433 g/mol. The molecule has 1 N–H and O–H groups in total. The number of ketones is 1. The van der Waals surface area contributed by atoms with Crippen molar-refractivity contribution in [1.82, 2.24) is 0 Å². The van der Waals surface area contributed by atoms with Crippen LogP contribution in [0, 0.1) is 12.7 Å². The number of furan rings is 1. The zero-order valence-electron chi connectivity index (χ0n) is 17.7. The van der Waals surface area contributed by atoms with Gasteiger partial charge in [0.05, 0.1) is 14.2 Å². The summed E-state index contributed by atoms with van der Waals surface area (Å²) in [6.07, 6.45) is 0. The second-order valence-corrected chi connectivity index (χ2v) is 7.13. The molecule has 4 rings (SSSR count). The molecule has 0 atom stereocenters. The summed E-state index contributed by atoms with van der Waals surface area (Å²) in [5.74, 6) is -0.0915. The van der Waals surface area contributed by atoms with Crippen LogP contribution >= 0.6 is 0 Å². The molecule has 32 heavy (non-hydrogen) atoms. The Labute approximate surface area is 183 Å². The molecule has 0 aliphatic rings. The Morgan fingerprint density at radius 2 is 1.69 bits per heavy atom. The molecule has 6 nitrogen and oxygen atoms in total. The summed E-state index contributed by atoms with van der Waals surface area (Å²) in [6, 6.07) is 15.4. The molecule has 1 aromatic heterocycles. The van der Waals surface area contributed by atoms with Crippen LogP contribution in [0.3, 0.4) is 0 Å². The molecule has 0 aliphatic heterocycles. The Kier molecular flexibility index (Phi) is 5.64. The van der Waals surface area contributed by atoms with E-state index in [-0.39, 0.29) is 17.1 Å². The number of ether oxygens (including phenoxy) is 2. The van der Waals surface area contributed by atoms with Gasteiger partial charge in [-0.25, -0.2) is 4.39 Å². The molecule has 0 bridgehead atoms. The number of carbonyl (C=O) groups excluding carboxylic acids is 2. The lowest BCUT2D eigenvalue weighted by molar-refractivity contribution is 0.101. The van der Waals surface area contributed by atoms with Crippen LogP contribution < -0.4 is 14.8 Å². The first kappa shape index (κ1) is 21.1. The molecule has 0 unspecified atom stereocenters. The van der Waals surface area contributed by atoms with E-state index in [2.05, 4.69) is 5.32 Å². The highest BCUT2D eigenvalue weighted by Crippen LogP contribution is 2.32. The van der Waals surface area contributed by atoms with E-state index in [0.717, 1.165) is 11.5 Å². The lowest BCUT2D eigenvalue weighted by Gasteiger charge is -2.08. The molecular weight excluding hydrogens is 413 g/mol. The van der Waals surface area contributed by atoms with Gasteiger partial charge < -0.3 is 19.2 Å². The number of hydrogen-bond donors (Lipinski definition) is 1. The number of benzene rings is 3. The van der Waals surface area contributed by atoms with E-state index >= 15 is 0 Å². The first-order valence-electron chi connectivity index (χ1n) is 9.78. The third-order valence-corrected chi connectivity index (χ3v) is 5.13. The number of methoxy groups -OCH3 is 2. The van der Waals surface area contributed by atoms with Crippen LogP contribution in [0.15, 0.2) is 65.1 Å². The third kappa shape index (κ3) is 3.92. The Bertz CT molecular complexity index is 1340. The Hall–Kier alpha value is -4.13. The summed E-state index contributed by atoms with van der Waals surface area (Å²) in [6.45, 7) is 1.80. The van der Waals surface area contributed by atoms with Crippen molar-refractivity contribution in [3.63, 3.8) is 0 Å². The van der Waals surface area contributed by atoms with Crippen molar-refractivity contribution in [2.45, 2.75) is 6.92 Å². The number of carbonyl (C=O) groups is 2. The standard InChI is InChI=1S/C25H20FNO5/c1-14-19-9-8-18(27-25(29)16-5-4-6-17(26)11-16)13-21(19)32-24(14)23(28)15-7-10-20(30-2)22(12-15)31-3/h4-13H,1-3H3,(H,27,29). The van der Waals surface area contributed by atoms with Crippen molar-refractivity contribution >= 4 is 28.3 Å². The number of rotatable bonds is 6. The van der Waals surface area contributed by atoms with E-state index < -0.39 is 11.7 Å². The predicted octanol–water partition coefficient (Wildman–Crippen LogP) is 5.38. The van der Waals surface area contributed by atoms with Gasteiger partial charge in [0.1, 0.15) is 11.4 Å². The van der Waals surface area contributed by atoms with Crippen molar-refractivity contribution in [2.24, 2.45) is 0 Å². The molecule has 0 fully saturated rings. The number of aryl methyl sites for hydroxylation is 1. The van der Waals surface area contributed by atoms with Crippen LogP contribution in [0.2, 0.25) is 0 Å². The van der Waals surface area contributed by atoms with Crippen molar-refractivity contribution in [1.29, 1.82) is 0 Å². The van der Waals surface area contributed by atoms with Gasteiger partial charge in [-0.3, -0.25) is 9.59 Å². The quantitative estimate of drug-likeness (QED) is 0.413. The number of nitrogens with one attached hydrogen (secondary N) is 1. The minimum Gasteiger partial charge on any atom is -0.493 e. The fraction of sp³-hybridized carbons (Fsp3) is 0.120. The predicted molar refractivity (Wildman–Crippen MR) is 118 cm³/mol. The second kappa shape index (κ2) is 8.55.